The van der Waals surface area contributed by atoms with Crippen LogP contribution in [0.4, 0.5) is 5.82 Å². The van der Waals surface area contributed by atoms with Crippen molar-refractivity contribution in [3.63, 3.8) is 0 Å². The maximum Gasteiger partial charge on any atom is 0.259 e. The smallest absolute Gasteiger partial charge is 0.259 e. The number of fused-ring (bicyclic) bond motifs is 1. The molecule has 0 radical (unpaired) electrons. The summed E-state index contributed by atoms with van der Waals surface area (Å²) in [4.78, 5) is 29.3. The van der Waals surface area contributed by atoms with Gasteiger partial charge in [-0.1, -0.05) is 18.2 Å². The van der Waals surface area contributed by atoms with Crippen molar-refractivity contribution >= 4 is 22.6 Å². The summed E-state index contributed by atoms with van der Waals surface area (Å²) in [6.45, 7) is 0. The molecule has 120 valence electrons. The lowest BCUT2D eigenvalue weighted by atomic mass is 10.1. The van der Waals surface area contributed by atoms with Crippen LogP contribution in [0.15, 0.2) is 73.4 Å². The maximum atomic E-state index is 12.7. The predicted molar refractivity (Wildman–Crippen MR) is 95.0 cm³/mol. The first-order valence-corrected chi connectivity index (χ1v) is 7.69. The molecular weight excluding hydrogens is 314 g/mol. The highest BCUT2D eigenvalue weighted by Crippen LogP contribution is 2.23. The first kappa shape index (κ1) is 14.9. The number of hydrogen-bond donors (Lipinski definition) is 1. The Labute approximate surface area is 143 Å². The summed E-state index contributed by atoms with van der Waals surface area (Å²) >= 11 is 0. The van der Waals surface area contributed by atoms with Gasteiger partial charge in [0.05, 0.1) is 16.8 Å². The molecule has 3 aromatic heterocycles. The number of nitrogens with one attached hydrogen (secondary N) is 1. The van der Waals surface area contributed by atoms with E-state index in [2.05, 4.69) is 25.3 Å². The number of anilines is 1. The molecule has 1 N–H and O–H groups in total. The van der Waals surface area contributed by atoms with Crippen LogP contribution in [0.3, 0.4) is 0 Å². The minimum absolute atomic E-state index is 0.264. The number of nitrogens with zero attached hydrogens (tertiary/aromatic N) is 4. The Morgan fingerprint density at radius 2 is 1.88 bits per heavy atom. The van der Waals surface area contributed by atoms with E-state index in [0.29, 0.717) is 16.9 Å². The Kier molecular flexibility index (Phi) is 3.84. The maximum absolute atomic E-state index is 12.7. The summed E-state index contributed by atoms with van der Waals surface area (Å²) in [5.41, 5.74) is 2.79. The lowest BCUT2D eigenvalue weighted by Crippen LogP contribution is -2.13. The van der Waals surface area contributed by atoms with Gasteiger partial charge in [0, 0.05) is 29.5 Å². The number of amides is 1. The molecule has 4 aromatic rings. The summed E-state index contributed by atoms with van der Waals surface area (Å²) in [6, 6.07) is 14.8. The summed E-state index contributed by atoms with van der Waals surface area (Å²) in [5.74, 6) is 0.181. The number of carbonyl (C=O) groups excluding carboxylic acids is 1. The van der Waals surface area contributed by atoms with E-state index in [4.69, 9.17) is 0 Å². The van der Waals surface area contributed by atoms with Crippen molar-refractivity contribution in [1.82, 2.24) is 19.9 Å². The molecule has 6 heteroatoms. The monoisotopic (exact) mass is 327 g/mol. The Morgan fingerprint density at radius 3 is 2.68 bits per heavy atom. The molecule has 0 bridgehead atoms. The summed E-state index contributed by atoms with van der Waals surface area (Å²) in [7, 11) is 0. The first-order chi connectivity index (χ1) is 12.3. The van der Waals surface area contributed by atoms with Crippen molar-refractivity contribution in [3.8, 4) is 11.3 Å². The fourth-order valence-electron chi connectivity index (χ4n) is 2.55. The van der Waals surface area contributed by atoms with Gasteiger partial charge in [-0.15, -0.1) is 0 Å². The molecule has 0 aliphatic carbocycles. The Balaban J connectivity index is 1.77. The average Bonchev–Trinajstić information content (AvgIpc) is 2.68. The van der Waals surface area contributed by atoms with Crippen LogP contribution in [0.1, 0.15) is 10.4 Å². The van der Waals surface area contributed by atoms with Crippen molar-refractivity contribution in [2.75, 3.05) is 5.32 Å². The molecule has 0 saturated carbocycles. The third-order valence-electron chi connectivity index (χ3n) is 3.75. The fourth-order valence-corrected chi connectivity index (χ4v) is 2.55. The molecule has 3 heterocycles. The third-order valence-corrected chi connectivity index (χ3v) is 3.75. The van der Waals surface area contributed by atoms with Crippen LogP contribution in [-0.4, -0.2) is 25.8 Å². The van der Waals surface area contributed by atoms with E-state index in [0.717, 1.165) is 16.6 Å². The first-order valence-electron chi connectivity index (χ1n) is 7.69. The summed E-state index contributed by atoms with van der Waals surface area (Å²) < 4.78 is 0. The predicted octanol–water partition coefficient (Wildman–Crippen LogP) is 3.34. The van der Waals surface area contributed by atoms with Crippen LogP contribution < -0.4 is 5.32 Å². The van der Waals surface area contributed by atoms with E-state index < -0.39 is 0 Å². The van der Waals surface area contributed by atoms with Crippen LogP contribution in [-0.2, 0) is 0 Å². The van der Waals surface area contributed by atoms with Crippen molar-refractivity contribution < 1.29 is 4.79 Å². The van der Waals surface area contributed by atoms with Crippen LogP contribution in [0.5, 0.6) is 0 Å². The van der Waals surface area contributed by atoms with Gasteiger partial charge < -0.3 is 5.32 Å². The molecule has 0 spiro atoms. The van der Waals surface area contributed by atoms with Gasteiger partial charge in [0.25, 0.3) is 5.91 Å². The molecule has 4 rings (SSSR count). The largest absolute Gasteiger partial charge is 0.306 e. The van der Waals surface area contributed by atoms with E-state index in [1.54, 1.807) is 30.7 Å². The molecule has 0 fully saturated rings. The van der Waals surface area contributed by atoms with Crippen molar-refractivity contribution in [2.24, 2.45) is 0 Å². The number of pyridine rings is 2. The topological polar surface area (TPSA) is 80.7 Å². The van der Waals surface area contributed by atoms with Gasteiger partial charge in [0.2, 0.25) is 0 Å². The van der Waals surface area contributed by atoms with Crippen LogP contribution in [0, 0.1) is 0 Å². The molecule has 1 amide bonds. The van der Waals surface area contributed by atoms with E-state index in [1.165, 1.54) is 6.33 Å². The minimum atomic E-state index is -0.264. The second-order valence-electron chi connectivity index (χ2n) is 5.36. The van der Waals surface area contributed by atoms with Crippen LogP contribution >= 0.6 is 0 Å². The third kappa shape index (κ3) is 3.05. The fraction of sp³-hybridized carbons (Fsp3) is 0. The normalized spacial score (nSPS) is 10.6. The second kappa shape index (κ2) is 6.45. The highest BCUT2D eigenvalue weighted by molar-refractivity contribution is 6.11. The van der Waals surface area contributed by atoms with Crippen LogP contribution in [0.2, 0.25) is 0 Å². The lowest BCUT2D eigenvalue weighted by Gasteiger charge is -2.08. The van der Waals surface area contributed by atoms with E-state index in [1.807, 2.05) is 36.4 Å². The molecule has 0 aliphatic heterocycles. The zero-order chi connectivity index (χ0) is 17.1. The molecule has 1 aromatic carbocycles. The Bertz CT molecular complexity index is 1040. The second-order valence-corrected chi connectivity index (χ2v) is 5.36. The molecule has 0 atom stereocenters. The van der Waals surface area contributed by atoms with E-state index in [-0.39, 0.29) is 5.91 Å². The van der Waals surface area contributed by atoms with Gasteiger partial charge >= 0.3 is 0 Å². The van der Waals surface area contributed by atoms with Gasteiger partial charge in [-0.05, 0) is 30.3 Å². The molecule has 0 unspecified atom stereocenters. The highest BCUT2D eigenvalue weighted by atomic mass is 16.1. The van der Waals surface area contributed by atoms with Crippen LogP contribution in [0.25, 0.3) is 22.2 Å². The molecular formula is C19H13N5O. The van der Waals surface area contributed by atoms with Gasteiger partial charge in [-0.2, -0.15) is 0 Å². The van der Waals surface area contributed by atoms with Gasteiger partial charge in [-0.3, -0.25) is 9.78 Å². The number of benzene rings is 1. The molecule has 0 saturated heterocycles. The zero-order valence-electron chi connectivity index (χ0n) is 13.1. The lowest BCUT2D eigenvalue weighted by molar-refractivity contribution is 0.102. The molecule has 25 heavy (non-hydrogen) atoms. The van der Waals surface area contributed by atoms with Gasteiger partial charge in [0.15, 0.2) is 0 Å². The van der Waals surface area contributed by atoms with Gasteiger partial charge in [-0.25, -0.2) is 15.0 Å². The Hall–Kier alpha value is -3.67. The average molecular weight is 327 g/mol. The number of aromatic nitrogens is 4. The van der Waals surface area contributed by atoms with Crippen molar-refractivity contribution in [2.45, 2.75) is 0 Å². The summed E-state index contributed by atoms with van der Waals surface area (Å²) in [6.07, 6.45) is 6.42. The molecule has 6 nitrogen and oxygen atoms in total. The minimum Gasteiger partial charge on any atom is -0.306 e. The van der Waals surface area contributed by atoms with Gasteiger partial charge in [0.1, 0.15) is 12.1 Å². The van der Waals surface area contributed by atoms with Crippen molar-refractivity contribution in [3.05, 3.63) is 79.0 Å². The van der Waals surface area contributed by atoms with E-state index >= 15 is 0 Å². The molecule has 0 aliphatic rings. The standard InChI is InChI=1S/C19H13N5O/c25-19(24-17-8-10-21-12-22-17)15-5-1-3-13-6-7-16(23-18(13)15)14-4-2-9-20-11-14/h1-12H,(H,21,22,24,25). The Morgan fingerprint density at radius 1 is 0.920 bits per heavy atom. The zero-order valence-corrected chi connectivity index (χ0v) is 13.1. The van der Waals surface area contributed by atoms with E-state index in [9.17, 15) is 4.79 Å². The number of para-hydroxylation sites is 1. The quantitative estimate of drug-likeness (QED) is 0.624. The van der Waals surface area contributed by atoms with Crippen molar-refractivity contribution in [1.29, 1.82) is 0 Å². The SMILES string of the molecule is O=C(Nc1ccncn1)c1cccc2ccc(-c3cccnc3)nc12. The number of carbonyl (C=O) groups is 1. The summed E-state index contributed by atoms with van der Waals surface area (Å²) in [5, 5.41) is 3.66. The number of rotatable bonds is 3. The number of hydrogen-bond acceptors (Lipinski definition) is 5. The highest BCUT2D eigenvalue weighted by Gasteiger charge is 2.13.